The molecule has 6 heteroatoms. The van der Waals surface area contributed by atoms with Crippen molar-refractivity contribution in [2.75, 3.05) is 13.1 Å². The van der Waals surface area contributed by atoms with E-state index in [2.05, 4.69) is 0 Å². The Morgan fingerprint density at radius 1 is 1.13 bits per heavy atom. The summed E-state index contributed by atoms with van der Waals surface area (Å²) in [6, 6.07) is 8.01. The molecular formula is C17H17FN2O3. The maximum absolute atomic E-state index is 14.2. The van der Waals surface area contributed by atoms with E-state index in [0.717, 1.165) is 0 Å². The number of aliphatic carboxylic acids is 1. The number of carbonyl (C=O) groups excluding carboxylic acids is 1. The summed E-state index contributed by atoms with van der Waals surface area (Å²) in [4.78, 5) is 25.0. The first kappa shape index (κ1) is 15.3. The molecule has 1 N–H and O–H groups in total. The normalized spacial score (nSPS) is 15.6. The molecule has 5 nitrogen and oxygen atoms in total. The van der Waals surface area contributed by atoms with Crippen LogP contribution < -0.4 is 0 Å². The third-order valence-electron chi connectivity index (χ3n) is 4.21. The van der Waals surface area contributed by atoms with Gasteiger partial charge in [-0.2, -0.15) is 0 Å². The van der Waals surface area contributed by atoms with Crippen LogP contribution in [-0.4, -0.2) is 39.5 Å². The van der Waals surface area contributed by atoms with E-state index < -0.39 is 17.7 Å². The van der Waals surface area contributed by atoms with Gasteiger partial charge in [0.15, 0.2) is 0 Å². The molecule has 23 heavy (non-hydrogen) atoms. The van der Waals surface area contributed by atoms with Crippen LogP contribution in [0.1, 0.15) is 23.2 Å². The number of halogens is 1. The fourth-order valence-corrected chi connectivity index (χ4v) is 2.86. The van der Waals surface area contributed by atoms with E-state index in [1.165, 1.54) is 6.07 Å². The summed E-state index contributed by atoms with van der Waals surface area (Å²) < 4.78 is 15.9. The number of carbonyl (C=O) groups is 2. The Morgan fingerprint density at radius 2 is 1.78 bits per heavy atom. The third kappa shape index (κ3) is 3.11. The molecule has 2 aromatic rings. The molecule has 1 aliphatic heterocycles. The summed E-state index contributed by atoms with van der Waals surface area (Å²) in [6.07, 6.45) is 4.34. The molecule has 1 amide bonds. The van der Waals surface area contributed by atoms with E-state index in [1.807, 2.05) is 0 Å². The van der Waals surface area contributed by atoms with Crippen LogP contribution >= 0.6 is 0 Å². The Bertz CT molecular complexity index is 719. The van der Waals surface area contributed by atoms with Gasteiger partial charge < -0.3 is 14.6 Å². The lowest BCUT2D eigenvalue weighted by molar-refractivity contribution is -0.143. The van der Waals surface area contributed by atoms with Crippen molar-refractivity contribution >= 4 is 11.9 Å². The van der Waals surface area contributed by atoms with Crippen LogP contribution in [0.2, 0.25) is 0 Å². The molecule has 1 fully saturated rings. The van der Waals surface area contributed by atoms with Gasteiger partial charge in [-0.3, -0.25) is 9.59 Å². The minimum atomic E-state index is -0.820. The number of nitrogens with zero attached hydrogens (tertiary/aromatic N) is 2. The van der Waals surface area contributed by atoms with Crippen molar-refractivity contribution in [1.29, 1.82) is 0 Å². The number of benzene rings is 1. The fourth-order valence-electron chi connectivity index (χ4n) is 2.86. The van der Waals surface area contributed by atoms with E-state index in [4.69, 9.17) is 5.11 Å². The Morgan fingerprint density at radius 3 is 2.35 bits per heavy atom. The van der Waals surface area contributed by atoms with Gasteiger partial charge in [0.25, 0.3) is 5.91 Å². The second kappa shape index (κ2) is 6.24. The molecule has 120 valence electrons. The SMILES string of the molecule is O=C(O)C1CCN(C(=O)c2ccc(-n3cccc3)c(F)c2)CC1. The molecule has 0 saturated carbocycles. The monoisotopic (exact) mass is 316 g/mol. The number of aromatic nitrogens is 1. The molecule has 0 unspecified atom stereocenters. The van der Waals surface area contributed by atoms with Gasteiger partial charge >= 0.3 is 5.97 Å². The van der Waals surface area contributed by atoms with Crippen molar-refractivity contribution in [3.8, 4) is 5.69 Å². The Balaban J connectivity index is 1.74. The number of rotatable bonds is 3. The van der Waals surface area contributed by atoms with Crippen molar-refractivity contribution in [2.45, 2.75) is 12.8 Å². The van der Waals surface area contributed by atoms with Crippen molar-refractivity contribution in [3.05, 3.63) is 54.1 Å². The molecule has 0 aliphatic carbocycles. The average molecular weight is 316 g/mol. The van der Waals surface area contributed by atoms with Gasteiger partial charge in [0, 0.05) is 31.0 Å². The van der Waals surface area contributed by atoms with Gasteiger partial charge in [-0.05, 0) is 43.2 Å². The lowest BCUT2D eigenvalue weighted by Crippen LogP contribution is -2.40. The number of carboxylic acids is 1. The number of carboxylic acid groups (broad SMARTS) is 1. The van der Waals surface area contributed by atoms with Gasteiger partial charge in [0.1, 0.15) is 5.82 Å². The summed E-state index contributed by atoms with van der Waals surface area (Å²) in [7, 11) is 0. The highest BCUT2D eigenvalue weighted by Gasteiger charge is 2.27. The highest BCUT2D eigenvalue weighted by atomic mass is 19.1. The van der Waals surface area contributed by atoms with Crippen LogP contribution in [0, 0.1) is 11.7 Å². The van der Waals surface area contributed by atoms with Crippen LogP contribution in [0.15, 0.2) is 42.7 Å². The molecule has 0 radical (unpaired) electrons. The Labute approximate surface area is 132 Å². The lowest BCUT2D eigenvalue weighted by Gasteiger charge is -2.30. The summed E-state index contributed by atoms with van der Waals surface area (Å²) >= 11 is 0. The number of likely N-dealkylation sites (tertiary alicyclic amines) is 1. The van der Waals surface area contributed by atoms with Gasteiger partial charge in [-0.15, -0.1) is 0 Å². The largest absolute Gasteiger partial charge is 0.481 e. The first-order chi connectivity index (χ1) is 11.1. The number of hydrogen-bond acceptors (Lipinski definition) is 2. The summed E-state index contributed by atoms with van der Waals surface area (Å²) in [5, 5.41) is 8.98. The maximum atomic E-state index is 14.2. The first-order valence-corrected chi connectivity index (χ1v) is 7.51. The van der Waals surface area contributed by atoms with Crippen LogP contribution in [-0.2, 0) is 4.79 Å². The topological polar surface area (TPSA) is 62.5 Å². The molecule has 1 aromatic heterocycles. The Hall–Kier alpha value is -2.63. The third-order valence-corrected chi connectivity index (χ3v) is 4.21. The summed E-state index contributed by atoms with van der Waals surface area (Å²) in [6.45, 7) is 0.771. The Kier molecular flexibility index (Phi) is 4.14. The maximum Gasteiger partial charge on any atom is 0.306 e. The summed E-state index contributed by atoms with van der Waals surface area (Å²) in [5.74, 6) is -1.94. The zero-order valence-corrected chi connectivity index (χ0v) is 12.5. The minimum absolute atomic E-state index is 0.258. The van der Waals surface area contributed by atoms with E-state index in [9.17, 15) is 14.0 Å². The van der Waals surface area contributed by atoms with Crippen molar-refractivity contribution in [1.82, 2.24) is 9.47 Å². The quantitative estimate of drug-likeness (QED) is 0.946. The molecule has 0 spiro atoms. The number of hydrogen-bond donors (Lipinski definition) is 1. The highest BCUT2D eigenvalue weighted by Crippen LogP contribution is 2.21. The van der Waals surface area contributed by atoms with Crippen molar-refractivity contribution in [2.24, 2.45) is 5.92 Å². The zero-order valence-electron chi connectivity index (χ0n) is 12.5. The second-order valence-electron chi connectivity index (χ2n) is 5.66. The van der Waals surface area contributed by atoms with E-state index in [-0.39, 0.29) is 11.5 Å². The number of piperidine rings is 1. The fraction of sp³-hybridized carbons (Fsp3) is 0.294. The van der Waals surface area contributed by atoms with E-state index in [1.54, 1.807) is 46.1 Å². The van der Waals surface area contributed by atoms with Crippen molar-refractivity contribution < 1.29 is 19.1 Å². The van der Waals surface area contributed by atoms with Crippen molar-refractivity contribution in [3.63, 3.8) is 0 Å². The second-order valence-corrected chi connectivity index (χ2v) is 5.66. The summed E-state index contributed by atoms with van der Waals surface area (Å²) in [5.41, 5.74) is 0.670. The van der Waals surface area contributed by atoms with Gasteiger partial charge in [-0.1, -0.05) is 0 Å². The van der Waals surface area contributed by atoms with Crippen LogP contribution in [0.3, 0.4) is 0 Å². The van der Waals surface area contributed by atoms with Gasteiger partial charge in [-0.25, -0.2) is 4.39 Å². The smallest absolute Gasteiger partial charge is 0.306 e. The molecule has 1 aromatic carbocycles. The minimum Gasteiger partial charge on any atom is -0.481 e. The molecule has 2 heterocycles. The molecule has 0 bridgehead atoms. The molecular weight excluding hydrogens is 299 g/mol. The predicted octanol–water partition coefficient (Wildman–Crippen LogP) is 2.55. The number of amides is 1. The first-order valence-electron chi connectivity index (χ1n) is 7.51. The molecule has 3 rings (SSSR count). The lowest BCUT2D eigenvalue weighted by atomic mass is 9.96. The van der Waals surface area contributed by atoms with E-state index >= 15 is 0 Å². The van der Waals surface area contributed by atoms with Crippen LogP contribution in [0.5, 0.6) is 0 Å². The van der Waals surface area contributed by atoms with Crippen LogP contribution in [0.25, 0.3) is 5.69 Å². The predicted molar refractivity (Wildman–Crippen MR) is 82.0 cm³/mol. The standard InChI is InChI=1S/C17H17FN2O3/c18-14-11-13(3-4-15(14)19-7-1-2-8-19)16(21)20-9-5-12(6-10-20)17(22)23/h1-4,7-8,11-12H,5-6,9-10H2,(H,22,23). The van der Waals surface area contributed by atoms with E-state index in [0.29, 0.717) is 31.6 Å². The van der Waals surface area contributed by atoms with Crippen LogP contribution in [0.4, 0.5) is 4.39 Å². The zero-order chi connectivity index (χ0) is 16.4. The highest BCUT2D eigenvalue weighted by molar-refractivity contribution is 5.94. The van der Waals surface area contributed by atoms with Gasteiger partial charge in [0.2, 0.25) is 0 Å². The molecule has 0 atom stereocenters. The molecule has 1 aliphatic rings. The van der Waals surface area contributed by atoms with Gasteiger partial charge in [0.05, 0.1) is 11.6 Å². The molecule has 1 saturated heterocycles. The average Bonchev–Trinajstić information content (AvgIpc) is 3.08.